The summed E-state index contributed by atoms with van der Waals surface area (Å²) >= 11 is 0. The first kappa shape index (κ1) is 14.8. The topological polar surface area (TPSA) is 49.4 Å². The Morgan fingerprint density at radius 1 is 0.950 bits per heavy atom. The molecule has 20 heavy (non-hydrogen) atoms. The second-order valence-corrected chi connectivity index (χ2v) is 9.53. The van der Waals surface area contributed by atoms with Crippen molar-refractivity contribution in [3.05, 3.63) is 0 Å². The number of rotatable bonds is 3. The van der Waals surface area contributed by atoms with Crippen molar-refractivity contribution in [2.45, 2.75) is 80.8 Å². The lowest BCUT2D eigenvalue weighted by Crippen LogP contribution is -2.51. The Bertz CT molecular complexity index is 439. The molecule has 0 aromatic rings. The average molecular weight is 300 g/mol. The quantitative estimate of drug-likeness (QED) is 0.859. The van der Waals surface area contributed by atoms with E-state index in [0.29, 0.717) is 24.2 Å². The van der Waals surface area contributed by atoms with Gasteiger partial charge in [-0.25, -0.2) is 8.42 Å². The van der Waals surface area contributed by atoms with E-state index < -0.39 is 9.84 Å². The molecule has 1 aliphatic carbocycles. The highest BCUT2D eigenvalue weighted by molar-refractivity contribution is 7.91. The molecule has 0 amide bonds. The van der Waals surface area contributed by atoms with Gasteiger partial charge in [0.25, 0.3) is 0 Å². The van der Waals surface area contributed by atoms with E-state index in [1.807, 2.05) is 0 Å². The van der Waals surface area contributed by atoms with Crippen LogP contribution in [0.5, 0.6) is 0 Å². The summed E-state index contributed by atoms with van der Waals surface area (Å²) in [6.45, 7) is 0. The Hall–Kier alpha value is -0.130. The molecule has 2 heterocycles. The first-order valence-corrected chi connectivity index (χ1v) is 10.1. The second-order valence-electron chi connectivity index (χ2n) is 7.20. The fourth-order valence-corrected chi connectivity index (χ4v) is 5.70. The van der Waals surface area contributed by atoms with Crippen LogP contribution in [0.4, 0.5) is 0 Å². The highest BCUT2D eigenvalue weighted by Gasteiger charge is 2.38. The highest BCUT2D eigenvalue weighted by atomic mass is 32.2. The summed E-state index contributed by atoms with van der Waals surface area (Å²) in [7, 11) is -0.644. The van der Waals surface area contributed by atoms with Gasteiger partial charge < -0.3 is 10.2 Å². The minimum atomic E-state index is -2.87. The normalized spacial score (nSPS) is 42.0. The molecule has 4 unspecified atom stereocenters. The van der Waals surface area contributed by atoms with Gasteiger partial charge in [-0.2, -0.15) is 0 Å². The van der Waals surface area contributed by atoms with E-state index in [9.17, 15) is 8.42 Å². The molecular weight excluding hydrogens is 272 g/mol. The maximum Gasteiger partial charge on any atom is 0.150 e. The summed E-state index contributed by atoms with van der Waals surface area (Å²) in [5, 5.41) is 3.58. The van der Waals surface area contributed by atoms with Gasteiger partial charge in [0.15, 0.2) is 0 Å². The Labute approximate surface area is 123 Å². The highest BCUT2D eigenvalue weighted by Crippen LogP contribution is 2.33. The van der Waals surface area contributed by atoms with Crippen LogP contribution >= 0.6 is 0 Å². The SMILES string of the molecule is CN(C1CC2CCC(C1)N2)C1CCCC(S(C)(=O)=O)C1. The lowest BCUT2D eigenvalue weighted by Gasteiger charge is -2.42. The molecule has 5 heteroatoms. The first-order chi connectivity index (χ1) is 9.43. The molecule has 0 radical (unpaired) electrons. The molecule has 4 nitrogen and oxygen atoms in total. The zero-order valence-electron chi connectivity index (χ0n) is 12.7. The molecule has 116 valence electrons. The van der Waals surface area contributed by atoms with Gasteiger partial charge in [0.05, 0.1) is 5.25 Å². The Morgan fingerprint density at radius 3 is 2.20 bits per heavy atom. The summed E-state index contributed by atoms with van der Waals surface area (Å²) in [5.41, 5.74) is 0. The van der Waals surface area contributed by atoms with Gasteiger partial charge in [0.2, 0.25) is 0 Å². The third kappa shape index (κ3) is 3.04. The summed E-state index contributed by atoms with van der Waals surface area (Å²) in [6.07, 6.45) is 10.5. The van der Waals surface area contributed by atoms with E-state index in [0.717, 1.165) is 19.3 Å². The molecule has 3 rings (SSSR count). The summed E-state index contributed by atoms with van der Waals surface area (Å²) in [4.78, 5) is 2.52. The molecule has 1 saturated carbocycles. The predicted molar refractivity (Wildman–Crippen MR) is 81.6 cm³/mol. The third-order valence-electron chi connectivity index (χ3n) is 5.80. The van der Waals surface area contributed by atoms with Gasteiger partial charge in [-0.05, 0) is 52.0 Å². The number of sulfone groups is 1. The van der Waals surface area contributed by atoms with Crippen LogP contribution in [0.1, 0.15) is 51.4 Å². The zero-order valence-corrected chi connectivity index (χ0v) is 13.5. The Balaban J connectivity index is 1.63. The van der Waals surface area contributed by atoms with Gasteiger partial charge in [-0.15, -0.1) is 0 Å². The van der Waals surface area contributed by atoms with Crippen molar-refractivity contribution < 1.29 is 8.42 Å². The van der Waals surface area contributed by atoms with E-state index in [4.69, 9.17) is 0 Å². The smallest absolute Gasteiger partial charge is 0.150 e. The molecule has 3 aliphatic rings. The van der Waals surface area contributed by atoms with Crippen LogP contribution in [0.2, 0.25) is 0 Å². The number of nitrogens with one attached hydrogen (secondary N) is 1. The molecule has 1 N–H and O–H groups in total. The van der Waals surface area contributed by atoms with Crippen LogP contribution in [0, 0.1) is 0 Å². The standard InChI is InChI=1S/C15H28N2O2S/c1-17(14-8-11-6-7-12(9-14)16-11)13-4-3-5-15(10-13)20(2,18)19/h11-16H,3-10H2,1-2H3. The number of hydrogen-bond donors (Lipinski definition) is 1. The minimum Gasteiger partial charge on any atom is -0.311 e. The number of nitrogens with zero attached hydrogens (tertiary/aromatic N) is 1. The van der Waals surface area contributed by atoms with E-state index in [-0.39, 0.29) is 5.25 Å². The van der Waals surface area contributed by atoms with Crippen LogP contribution in [0.3, 0.4) is 0 Å². The third-order valence-corrected chi connectivity index (χ3v) is 7.44. The zero-order chi connectivity index (χ0) is 14.3. The molecule has 2 bridgehead atoms. The minimum absolute atomic E-state index is 0.109. The number of hydrogen-bond acceptors (Lipinski definition) is 4. The monoisotopic (exact) mass is 300 g/mol. The molecule has 0 aromatic carbocycles. The van der Waals surface area contributed by atoms with Crippen LogP contribution in [0.15, 0.2) is 0 Å². The van der Waals surface area contributed by atoms with Crippen molar-refractivity contribution in [3.63, 3.8) is 0 Å². The maximum absolute atomic E-state index is 11.8. The van der Waals surface area contributed by atoms with E-state index in [1.165, 1.54) is 38.4 Å². The lowest BCUT2D eigenvalue weighted by atomic mass is 9.90. The van der Waals surface area contributed by atoms with Crippen molar-refractivity contribution >= 4 is 9.84 Å². The second kappa shape index (κ2) is 5.58. The molecule has 3 fully saturated rings. The molecule has 0 aromatic heterocycles. The summed E-state index contributed by atoms with van der Waals surface area (Å²) < 4.78 is 23.6. The number of piperidine rings is 1. The Morgan fingerprint density at radius 2 is 1.60 bits per heavy atom. The van der Waals surface area contributed by atoms with Crippen molar-refractivity contribution in [2.75, 3.05) is 13.3 Å². The molecule has 4 atom stereocenters. The van der Waals surface area contributed by atoms with Gasteiger partial charge in [0, 0.05) is 30.4 Å². The van der Waals surface area contributed by atoms with E-state index in [2.05, 4.69) is 17.3 Å². The molecule has 0 spiro atoms. The van der Waals surface area contributed by atoms with Crippen molar-refractivity contribution in [1.82, 2.24) is 10.2 Å². The largest absolute Gasteiger partial charge is 0.311 e. The summed E-state index contributed by atoms with van der Waals surface area (Å²) in [5.74, 6) is 0. The van der Waals surface area contributed by atoms with Crippen LogP contribution in [-0.2, 0) is 9.84 Å². The van der Waals surface area contributed by atoms with E-state index in [1.54, 1.807) is 0 Å². The summed E-state index contributed by atoms with van der Waals surface area (Å²) in [6, 6.07) is 2.52. The van der Waals surface area contributed by atoms with Crippen molar-refractivity contribution in [1.29, 1.82) is 0 Å². The van der Waals surface area contributed by atoms with Gasteiger partial charge >= 0.3 is 0 Å². The fourth-order valence-electron chi connectivity index (χ4n) is 4.54. The first-order valence-electron chi connectivity index (χ1n) is 8.10. The van der Waals surface area contributed by atoms with Gasteiger partial charge in [-0.3, -0.25) is 0 Å². The molecule has 2 aliphatic heterocycles. The average Bonchev–Trinajstić information content (AvgIpc) is 2.76. The van der Waals surface area contributed by atoms with Gasteiger partial charge in [-0.1, -0.05) is 6.42 Å². The van der Waals surface area contributed by atoms with Crippen LogP contribution < -0.4 is 5.32 Å². The fraction of sp³-hybridized carbons (Fsp3) is 1.00. The van der Waals surface area contributed by atoms with Crippen LogP contribution in [-0.4, -0.2) is 56.0 Å². The lowest BCUT2D eigenvalue weighted by molar-refractivity contribution is 0.102. The predicted octanol–water partition coefficient (Wildman–Crippen LogP) is 1.56. The van der Waals surface area contributed by atoms with Crippen molar-refractivity contribution in [3.8, 4) is 0 Å². The van der Waals surface area contributed by atoms with Crippen LogP contribution in [0.25, 0.3) is 0 Å². The maximum atomic E-state index is 11.8. The molecule has 2 saturated heterocycles. The Kier molecular flexibility index (Phi) is 4.13. The van der Waals surface area contributed by atoms with Gasteiger partial charge in [0.1, 0.15) is 9.84 Å². The molecular formula is C15H28N2O2S. The van der Waals surface area contributed by atoms with E-state index >= 15 is 0 Å². The number of fused-ring (bicyclic) bond motifs is 2. The van der Waals surface area contributed by atoms with Crippen molar-refractivity contribution in [2.24, 2.45) is 0 Å².